The summed E-state index contributed by atoms with van der Waals surface area (Å²) in [7, 11) is 1.93. The molecule has 1 aromatic heterocycles. The van der Waals surface area contributed by atoms with E-state index in [0.29, 0.717) is 18.7 Å². The summed E-state index contributed by atoms with van der Waals surface area (Å²) >= 11 is 0. The number of ketones is 1. The van der Waals surface area contributed by atoms with Gasteiger partial charge in [0.25, 0.3) is 0 Å². The highest BCUT2D eigenvalue weighted by Crippen LogP contribution is 2.33. The Balaban J connectivity index is 1.48. The molecule has 0 atom stereocenters. The fraction of sp³-hybridized carbons (Fsp3) is 0.273. The fourth-order valence-electron chi connectivity index (χ4n) is 3.94. The maximum Gasteiger partial charge on any atom is 0.170 e. The minimum atomic E-state index is 0.00787. The second-order valence-electron chi connectivity index (χ2n) is 7.47. The van der Waals surface area contributed by atoms with Gasteiger partial charge in [-0.15, -0.1) is 0 Å². The van der Waals surface area contributed by atoms with Crippen molar-refractivity contribution in [3.8, 4) is 0 Å². The van der Waals surface area contributed by atoms with Gasteiger partial charge in [0.15, 0.2) is 5.78 Å². The largest absolute Gasteiger partial charge is 0.395 e. The van der Waals surface area contributed by atoms with Gasteiger partial charge in [0.1, 0.15) is 11.7 Å². The highest BCUT2D eigenvalue weighted by atomic mass is 16.3. The van der Waals surface area contributed by atoms with Crippen LogP contribution in [-0.2, 0) is 0 Å². The van der Waals surface area contributed by atoms with Gasteiger partial charge >= 0.3 is 0 Å². The Hall–Kier alpha value is -3.52. The van der Waals surface area contributed by atoms with Crippen molar-refractivity contribution in [2.24, 2.45) is 9.98 Å². The van der Waals surface area contributed by atoms with Gasteiger partial charge in [0.2, 0.25) is 0 Å². The summed E-state index contributed by atoms with van der Waals surface area (Å²) in [5.41, 5.74) is 5.06. The summed E-state index contributed by atoms with van der Waals surface area (Å²) in [6.07, 6.45) is 1.83. The van der Waals surface area contributed by atoms with E-state index in [1.807, 2.05) is 53.2 Å². The maximum atomic E-state index is 13.0. The van der Waals surface area contributed by atoms with Crippen LogP contribution in [0.5, 0.6) is 0 Å². The standard InChI is InChI=1S/C22H22N6O2/c1-27(8-9-29)15-3-4-16-18(11-15)26-21(28-7-6-23-22(16)28)12-20(30)14-2-5-17-19(10-14)25-13-24-17/h2-5,10-11,13,29H,6-9,12H2,1H3,(H,24,25). The van der Waals surface area contributed by atoms with Crippen LogP contribution in [0.4, 0.5) is 11.4 Å². The smallest absolute Gasteiger partial charge is 0.170 e. The molecule has 5 rings (SSSR count). The summed E-state index contributed by atoms with van der Waals surface area (Å²) < 4.78 is 0. The number of carbonyl (C=O) groups is 1. The monoisotopic (exact) mass is 402 g/mol. The summed E-state index contributed by atoms with van der Waals surface area (Å²) in [4.78, 5) is 33.8. The molecule has 2 N–H and O–H groups in total. The normalized spacial score (nSPS) is 14.9. The van der Waals surface area contributed by atoms with Crippen molar-refractivity contribution in [1.82, 2.24) is 14.9 Å². The lowest BCUT2D eigenvalue weighted by atomic mass is 10.0. The van der Waals surface area contributed by atoms with Crippen LogP contribution in [-0.4, -0.2) is 70.7 Å². The predicted molar refractivity (Wildman–Crippen MR) is 117 cm³/mol. The van der Waals surface area contributed by atoms with E-state index in [4.69, 9.17) is 4.99 Å². The molecule has 2 aliphatic rings. The average molecular weight is 402 g/mol. The highest BCUT2D eigenvalue weighted by molar-refractivity contribution is 6.21. The van der Waals surface area contributed by atoms with Crippen LogP contribution < -0.4 is 4.90 Å². The molecule has 0 aliphatic carbocycles. The Bertz CT molecular complexity index is 1200. The van der Waals surface area contributed by atoms with E-state index in [1.54, 1.807) is 6.33 Å². The number of imidazole rings is 1. The molecule has 0 bridgehead atoms. The fourth-order valence-corrected chi connectivity index (χ4v) is 3.94. The van der Waals surface area contributed by atoms with Crippen molar-refractivity contribution >= 4 is 39.9 Å². The third-order valence-electron chi connectivity index (χ3n) is 5.56. The molecule has 0 saturated heterocycles. The minimum Gasteiger partial charge on any atom is -0.395 e. The van der Waals surface area contributed by atoms with Gasteiger partial charge in [-0.3, -0.25) is 9.79 Å². The van der Waals surface area contributed by atoms with Crippen molar-refractivity contribution in [2.45, 2.75) is 6.42 Å². The molecule has 152 valence electrons. The van der Waals surface area contributed by atoms with Gasteiger partial charge in [-0.25, -0.2) is 9.98 Å². The first kappa shape index (κ1) is 18.5. The molecule has 8 heteroatoms. The lowest BCUT2D eigenvalue weighted by Crippen LogP contribution is -2.38. The number of aliphatic hydroxyl groups is 1. The second kappa shape index (κ2) is 7.38. The number of aliphatic hydroxyl groups excluding tert-OH is 1. The molecule has 2 aromatic carbocycles. The summed E-state index contributed by atoms with van der Waals surface area (Å²) in [6, 6.07) is 11.5. The van der Waals surface area contributed by atoms with Crippen molar-refractivity contribution in [3.05, 3.63) is 53.9 Å². The van der Waals surface area contributed by atoms with Gasteiger partial charge in [0, 0.05) is 37.0 Å². The number of aliphatic imine (C=N–C) groups is 2. The number of Topliss-reactive ketones (excluding diaryl/α,β-unsaturated/α-hetero) is 1. The van der Waals surface area contributed by atoms with Gasteiger partial charge in [-0.1, -0.05) is 0 Å². The highest BCUT2D eigenvalue weighted by Gasteiger charge is 2.30. The summed E-state index contributed by atoms with van der Waals surface area (Å²) in [5.74, 6) is 1.60. The number of carbonyl (C=O) groups excluding carboxylic acids is 1. The molecule has 2 aliphatic heterocycles. The molecule has 0 spiro atoms. The third kappa shape index (κ3) is 3.15. The molecule has 3 heterocycles. The second-order valence-corrected chi connectivity index (χ2v) is 7.47. The number of fused-ring (bicyclic) bond motifs is 4. The van der Waals surface area contributed by atoms with E-state index >= 15 is 0 Å². The molecule has 0 unspecified atom stereocenters. The zero-order valence-electron chi connectivity index (χ0n) is 16.7. The summed E-state index contributed by atoms with van der Waals surface area (Å²) in [6.45, 7) is 2.04. The molecule has 0 amide bonds. The van der Waals surface area contributed by atoms with Crippen LogP contribution >= 0.6 is 0 Å². The number of hydrogen-bond acceptors (Lipinski definition) is 7. The van der Waals surface area contributed by atoms with Gasteiger partial charge in [0.05, 0.1) is 42.6 Å². The molecular weight excluding hydrogens is 380 g/mol. The van der Waals surface area contributed by atoms with Crippen LogP contribution in [0.1, 0.15) is 22.3 Å². The first-order chi connectivity index (χ1) is 14.6. The number of rotatable bonds is 6. The van der Waals surface area contributed by atoms with Crippen LogP contribution in [0.2, 0.25) is 0 Å². The van der Waals surface area contributed by atoms with Crippen LogP contribution in [0.15, 0.2) is 52.7 Å². The zero-order valence-corrected chi connectivity index (χ0v) is 16.7. The quantitative estimate of drug-likeness (QED) is 0.617. The Kier molecular flexibility index (Phi) is 4.55. The maximum absolute atomic E-state index is 13.0. The van der Waals surface area contributed by atoms with Gasteiger partial charge in [-0.05, 0) is 36.4 Å². The lowest BCUT2D eigenvalue weighted by Gasteiger charge is -2.28. The number of aromatic nitrogens is 2. The van der Waals surface area contributed by atoms with Crippen LogP contribution in [0.3, 0.4) is 0 Å². The van der Waals surface area contributed by atoms with E-state index in [1.165, 1.54) is 0 Å². The van der Waals surface area contributed by atoms with Crippen molar-refractivity contribution < 1.29 is 9.90 Å². The van der Waals surface area contributed by atoms with E-state index in [0.717, 1.165) is 46.2 Å². The Labute approximate surface area is 173 Å². The minimum absolute atomic E-state index is 0.00787. The van der Waals surface area contributed by atoms with E-state index in [-0.39, 0.29) is 18.8 Å². The Morgan fingerprint density at radius 2 is 2.17 bits per heavy atom. The zero-order chi connectivity index (χ0) is 20.7. The number of nitrogens with one attached hydrogen (secondary N) is 1. The molecule has 8 nitrogen and oxygen atoms in total. The first-order valence-corrected chi connectivity index (χ1v) is 9.96. The topological polar surface area (TPSA) is 97.2 Å². The van der Waals surface area contributed by atoms with Crippen LogP contribution in [0.25, 0.3) is 11.0 Å². The first-order valence-electron chi connectivity index (χ1n) is 9.96. The number of likely N-dealkylation sites (N-methyl/N-ethyl adjacent to an activating group) is 1. The Morgan fingerprint density at radius 1 is 1.27 bits per heavy atom. The van der Waals surface area contributed by atoms with Crippen molar-refractivity contribution in [1.29, 1.82) is 0 Å². The van der Waals surface area contributed by atoms with Gasteiger partial charge < -0.3 is 19.9 Å². The third-order valence-corrected chi connectivity index (χ3v) is 5.56. The number of hydrogen-bond donors (Lipinski definition) is 2. The van der Waals surface area contributed by atoms with E-state index < -0.39 is 0 Å². The molecule has 30 heavy (non-hydrogen) atoms. The lowest BCUT2D eigenvalue weighted by molar-refractivity contribution is 0.0998. The SMILES string of the molecule is CN(CCO)c1ccc2c(c1)N=C(CC(=O)c1ccc3nc[nH]c3c1)N1CCN=C21. The Morgan fingerprint density at radius 3 is 3.03 bits per heavy atom. The summed E-state index contributed by atoms with van der Waals surface area (Å²) in [5, 5.41) is 9.22. The number of H-pyrrole nitrogens is 1. The van der Waals surface area contributed by atoms with Crippen molar-refractivity contribution in [2.75, 3.05) is 38.2 Å². The van der Waals surface area contributed by atoms with E-state index in [2.05, 4.69) is 15.0 Å². The number of nitrogens with zero attached hydrogens (tertiary/aromatic N) is 5. The molecular formula is C22H22N6O2. The van der Waals surface area contributed by atoms with E-state index in [9.17, 15) is 9.90 Å². The molecule has 0 saturated carbocycles. The molecule has 3 aromatic rings. The predicted octanol–water partition coefficient (Wildman–Crippen LogP) is 2.37. The number of anilines is 1. The van der Waals surface area contributed by atoms with Crippen LogP contribution in [0, 0.1) is 0 Å². The van der Waals surface area contributed by atoms with Gasteiger partial charge in [-0.2, -0.15) is 0 Å². The van der Waals surface area contributed by atoms with Crippen molar-refractivity contribution in [3.63, 3.8) is 0 Å². The number of amidine groups is 2. The molecule has 0 fully saturated rings. The molecule has 0 radical (unpaired) electrons. The number of aromatic amines is 1. The number of benzene rings is 2. The average Bonchev–Trinajstić information content (AvgIpc) is 3.42.